The molecule has 7 nitrogen and oxygen atoms in total. The first-order valence-electron chi connectivity index (χ1n) is 5.16. The van der Waals surface area contributed by atoms with Crippen molar-refractivity contribution in [1.29, 1.82) is 0 Å². The molecular formula is C11H11N3O4. The average Bonchev–Trinajstić information content (AvgIpc) is 2.72. The maximum atomic E-state index is 11.7. The summed E-state index contributed by atoms with van der Waals surface area (Å²) in [5, 5.41) is 25.0. The largest absolute Gasteiger partial charge is 0.507 e. The molecule has 0 bridgehead atoms. The van der Waals surface area contributed by atoms with Gasteiger partial charge >= 0.3 is 0 Å². The smallest absolute Gasteiger partial charge is 0.259 e. The van der Waals surface area contributed by atoms with Crippen molar-refractivity contribution in [2.24, 2.45) is 0 Å². The molecule has 0 aliphatic rings. The molecule has 0 aliphatic carbocycles. The minimum absolute atomic E-state index is 0.0213. The highest BCUT2D eigenvalue weighted by Gasteiger charge is 2.16. The van der Waals surface area contributed by atoms with Crippen LogP contribution in [0.3, 0.4) is 0 Å². The molecule has 3 N–H and O–H groups in total. The van der Waals surface area contributed by atoms with Gasteiger partial charge in [0.25, 0.3) is 5.91 Å². The number of aryl methyl sites for hydroxylation is 1. The molecule has 0 unspecified atom stereocenters. The number of hydrogen-bond donors (Lipinski definition) is 3. The molecule has 7 heteroatoms. The molecule has 2 aromatic rings. The average molecular weight is 249 g/mol. The Balaban J connectivity index is 2.08. The molecule has 1 aromatic carbocycles. The van der Waals surface area contributed by atoms with Crippen LogP contribution in [-0.2, 0) is 6.54 Å². The zero-order valence-electron chi connectivity index (χ0n) is 9.54. The van der Waals surface area contributed by atoms with Crippen LogP contribution in [0.2, 0.25) is 0 Å². The summed E-state index contributed by atoms with van der Waals surface area (Å²) in [6, 6.07) is 4.06. The van der Waals surface area contributed by atoms with Crippen molar-refractivity contribution in [3.05, 3.63) is 35.5 Å². The number of carbonyl (C=O) groups excluding carboxylic acids is 1. The second-order valence-electron chi connectivity index (χ2n) is 3.59. The number of nitrogens with zero attached hydrogens (tertiary/aromatic N) is 2. The van der Waals surface area contributed by atoms with Crippen LogP contribution < -0.4 is 5.32 Å². The van der Waals surface area contributed by atoms with Gasteiger partial charge in [-0.3, -0.25) is 4.79 Å². The van der Waals surface area contributed by atoms with Crippen LogP contribution in [0.25, 0.3) is 0 Å². The fraction of sp³-hybridized carbons (Fsp3) is 0.182. The Morgan fingerprint density at radius 3 is 2.61 bits per heavy atom. The Labute approximate surface area is 102 Å². The molecular weight excluding hydrogens is 238 g/mol. The van der Waals surface area contributed by atoms with E-state index in [2.05, 4.69) is 15.5 Å². The van der Waals surface area contributed by atoms with Crippen molar-refractivity contribution in [3.63, 3.8) is 0 Å². The Kier molecular flexibility index (Phi) is 3.13. The van der Waals surface area contributed by atoms with Gasteiger partial charge in [0.1, 0.15) is 17.1 Å². The number of aromatic hydroxyl groups is 2. The first-order chi connectivity index (χ1) is 8.58. The number of nitrogens with one attached hydrogen (secondary N) is 1. The summed E-state index contributed by atoms with van der Waals surface area (Å²) in [5.41, 5.74) is -0.186. The van der Waals surface area contributed by atoms with Gasteiger partial charge in [0.2, 0.25) is 5.89 Å². The van der Waals surface area contributed by atoms with Crippen LogP contribution >= 0.6 is 0 Å². The SMILES string of the molecule is Cc1noc(CNC(=O)c2c(O)cccc2O)n1. The number of phenolic OH excluding ortho intramolecular Hbond substituents is 2. The monoisotopic (exact) mass is 249 g/mol. The summed E-state index contributed by atoms with van der Waals surface area (Å²) >= 11 is 0. The Morgan fingerprint density at radius 1 is 1.39 bits per heavy atom. The molecule has 1 heterocycles. The van der Waals surface area contributed by atoms with Crippen LogP contribution in [0.15, 0.2) is 22.7 Å². The standard InChI is InChI=1S/C11H11N3O4/c1-6-13-9(18-14-6)5-12-11(17)10-7(15)3-2-4-8(10)16/h2-4,15-16H,5H2,1H3,(H,12,17). The molecule has 18 heavy (non-hydrogen) atoms. The summed E-state index contributed by atoms with van der Waals surface area (Å²) in [7, 11) is 0. The van der Waals surface area contributed by atoms with Crippen molar-refractivity contribution in [1.82, 2.24) is 15.5 Å². The highest BCUT2D eigenvalue weighted by Crippen LogP contribution is 2.25. The van der Waals surface area contributed by atoms with Crippen LogP contribution in [-0.4, -0.2) is 26.3 Å². The molecule has 0 fully saturated rings. The van der Waals surface area contributed by atoms with E-state index in [9.17, 15) is 15.0 Å². The minimum atomic E-state index is -0.624. The maximum absolute atomic E-state index is 11.7. The molecule has 94 valence electrons. The Hall–Kier alpha value is -2.57. The van der Waals surface area contributed by atoms with E-state index in [4.69, 9.17) is 4.52 Å². The second-order valence-corrected chi connectivity index (χ2v) is 3.59. The van der Waals surface area contributed by atoms with Crippen LogP contribution in [0.4, 0.5) is 0 Å². The third-order valence-corrected chi connectivity index (χ3v) is 2.22. The molecule has 0 aliphatic heterocycles. The summed E-state index contributed by atoms with van der Waals surface area (Å²) in [6.07, 6.45) is 0. The van der Waals surface area contributed by atoms with Crippen LogP contribution in [0, 0.1) is 6.92 Å². The number of rotatable bonds is 3. The van der Waals surface area contributed by atoms with Gasteiger partial charge in [0.05, 0.1) is 6.54 Å². The zero-order valence-corrected chi connectivity index (χ0v) is 9.54. The quantitative estimate of drug-likeness (QED) is 0.739. The van der Waals surface area contributed by atoms with Gasteiger partial charge in [-0.25, -0.2) is 0 Å². The van der Waals surface area contributed by atoms with Crippen molar-refractivity contribution in [2.75, 3.05) is 0 Å². The number of carbonyl (C=O) groups is 1. The number of aromatic nitrogens is 2. The van der Waals surface area contributed by atoms with Crippen molar-refractivity contribution in [2.45, 2.75) is 13.5 Å². The van der Waals surface area contributed by atoms with E-state index in [1.165, 1.54) is 18.2 Å². The van der Waals surface area contributed by atoms with Gasteiger partial charge in [-0.05, 0) is 19.1 Å². The highest BCUT2D eigenvalue weighted by molar-refractivity contribution is 5.99. The van der Waals surface area contributed by atoms with E-state index in [0.29, 0.717) is 5.82 Å². The van der Waals surface area contributed by atoms with E-state index >= 15 is 0 Å². The van der Waals surface area contributed by atoms with E-state index in [1.807, 2.05) is 0 Å². The van der Waals surface area contributed by atoms with Gasteiger partial charge in [0.15, 0.2) is 5.82 Å². The van der Waals surface area contributed by atoms with Gasteiger partial charge in [0, 0.05) is 0 Å². The van der Waals surface area contributed by atoms with Gasteiger partial charge in [-0.15, -0.1) is 0 Å². The normalized spacial score (nSPS) is 10.3. The molecule has 0 saturated heterocycles. The van der Waals surface area contributed by atoms with Gasteiger partial charge in [-0.1, -0.05) is 11.2 Å². The summed E-state index contributed by atoms with van der Waals surface area (Å²) in [4.78, 5) is 15.6. The summed E-state index contributed by atoms with van der Waals surface area (Å²) in [6.45, 7) is 1.68. The third kappa shape index (κ3) is 2.40. The highest BCUT2D eigenvalue weighted by atomic mass is 16.5. The van der Waals surface area contributed by atoms with E-state index in [-0.39, 0.29) is 29.5 Å². The van der Waals surface area contributed by atoms with Crippen molar-refractivity contribution in [3.8, 4) is 11.5 Å². The molecule has 1 amide bonds. The van der Waals surface area contributed by atoms with Crippen LogP contribution in [0.5, 0.6) is 11.5 Å². The lowest BCUT2D eigenvalue weighted by molar-refractivity contribution is 0.0941. The molecule has 1 aromatic heterocycles. The topological polar surface area (TPSA) is 108 Å². The lowest BCUT2D eigenvalue weighted by atomic mass is 10.1. The molecule has 0 saturated carbocycles. The molecule has 2 rings (SSSR count). The van der Waals surface area contributed by atoms with Crippen LogP contribution in [0.1, 0.15) is 22.1 Å². The van der Waals surface area contributed by atoms with Gasteiger partial charge in [-0.2, -0.15) is 4.98 Å². The number of hydrogen-bond acceptors (Lipinski definition) is 6. The second kappa shape index (κ2) is 4.74. The third-order valence-electron chi connectivity index (χ3n) is 2.22. The predicted octanol–water partition coefficient (Wildman–Crippen LogP) is 0.719. The Bertz CT molecular complexity index is 559. The minimum Gasteiger partial charge on any atom is -0.507 e. The lowest BCUT2D eigenvalue weighted by Gasteiger charge is -2.06. The molecule has 0 atom stereocenters. The van der Waals surface area contributed by atoms with E-state index in [0.717, 1.165) is 0 Å². The Morgan fingerprint density at radius 2 is 2.06 bits per heavy atom. The van der Waals surface area contributed by atoms with Crippen molar-refractivity contribution < 1.29 is 19.5 Å². The van der Waals surface area contributed by atoms with Crippen molar-refractivity contribution >= 4 is 5.91 Å². The number of phenols is 2. The lowest BCUT2D eigenvalue weighted by Crippen LogP contribution is -2.23. The predicted molar refractivity (Wildman–Crippen MR) is 60.0 cm³/mol. The first kappa shape index (κ1) is 11.9. The number of amides is 1. The maximum Gasteiger partial charge on any atom is 0.259 e. The molecule has 0 spiro atoms. The summed E-state index contributed by atoms with van der Waals surface area (Å²) < 4.78 is 4.81. The van der Waals surface area contributed by atoms with E-state index < -0.39 is 5.91 Å². The number of benzene rings is 1. The summed E-state index contributed by atoms with van der Waals surface area (Å²) in [5.74, 6) is -0.509. The van der Waals surface area contributed by atoms with Gasteiger partial charge < -0.3 is 20.1 Å². The first-order valence-corrected chi connectivity index (χ1v) is 5.16. The fourth-order valence-electron chi connectivity index (χ4n) is 1.42. The zero-order chi connectivity index (χ0) is 13.1. The van der Waals surface area contributed by atoms with E-state index in [1.54, 1.807) is 6.92 Å². The fourth-order valence-corrected chi connectivity index (χ4v) is 1.42. The molecule has 0 radical (unpaired) electrons.